The zero-order chi connectivity index (χ0) is 10.7. The maximum atomic E-state index is 4.60. The molecule has 0 saturated heterocycles. The first-order valence-corrected chi connectivity index (χ1v) is 6.87. The molecule has 0 amide bonds. The van der Waals surface area contributed by atoms with Gasteiger partial charge in [0.1, 0.15) is 0 Å². The van der Waals surface area contributed by atoms with Crippen LogP contribution in [0.1, 0.15) is 6.92 Å². The van der Waals surface area contributed by atoms with Crippen molar-refractivity contribution in [1.82, 2.24) is 5.01 Å². The predicted octanol–water partition coefficient (Wildman–Crippen LogP) is 2.12. The topological polar surface area (TPSA) is 28.0 Å². The van der Waals surface area contributed by atoms with Crippen LogP contribution >= 0.6 is 0 Å². The second-order valence-corrected chi connectivity index (χ2v) is 5.35. The number of benzene rings is 1. The average Bonchev–Trinajstić information content (AvgIpc) is 2.24. The molecule has 1 heterocycles. The summed E-state index contributed by atoms with van der Waals surface area (Å²) >= 11 is 0.413. The summed E-state index contributed by atoms with van der Waals surface area (Å²) < 4.78 is 1.10. The first-order valence-electron chi connectivity index (χ1n) is 4.80. The molecule has 0 aliphatic carbocycles. The van der Waals surface area contributed by atoms with Crippen molar-refractivity contribution in [3.8, 4) is 0 Å². The molecule has 2 rings (SSSR count). The maximum absolute atomic E-state index is 4.60. The molecule has 0 bridgehead atoms. The van der Waals surface area contributed by atoms with Crippen LogP contribution in [0.5, 0.6) is 0 Å². The second-order valence-electron chi connectivity index (χ2n) is 3.38. The SMILES string of the molecule is CC1=NN(C)C(=Nc2ccccc2)[Se]C1. The van der Waals surface area contributed by atoms with E-state index in [4.69, 9.17) is 0 Å². The third-order valence-electron chi connectivity index (χ3n) is 1.99. The molecule has 0 fully saturated rings. The van der Waals surface area contributed by atoms with Crippen LogP contribution < -0.4 is 0 Å². The molecule has 0 radical (unpaired) electrons. The van der Waals surface area contributed by atoms with Gasteiger partial charge in [-0.15, -0.1) is 0 Å². The monoisotopic (exact) mass is 267 g/mol. The van der Waals surface area contributed by atoms with E-state index in [0.717, 1.165) is 15.7 Å². The number of para-hydroxylation sites is 1. The number of hydrogen-bond acceptors (Lipinski definition) is 2. The number of hydrogen-bond donors (Lipinski definition) is 0. The summed E-state index contributed by atoms with van der Waals surface area (Å²) in [6.07, 6.45) is 0. The molecule has 0 atom stereocenters. The van der Waals surface area contributed by atoms with Crippen LogP contribution in [0.4, 0.5) is 5.69 Å². The van der Waals surface area contributed by atoms with Crippen LogP contribution in [0.25, 0.3) is 0 Å². The first kappa shape index (κ1) is 10.4. The van der Waals surface area contributed by atoms with E-state index in [0.29, 0.717) is 15.0 Å². The van der Waals surface area contributed by atoms with Gasteiger partial charge in [0.2, 0.25) is 0 Å². The number of rotatable bonds is 1. The van der Waals surface area contributed by atoms with Crippen LogP contribution in [-0.2, 0) is 0 Å². The molecular formula is C11H13N3Se. The van der Waals surface area contributed by atoms with Crippen molar-refractivity contribution in [3.63, 3.8) is 0 Å². The summed E-state index contributed by atoms with van der Waals surface area (Å²) in [5.41, 5.74) is 2.21. The minimum atomic E-state index is 0.413. The summed E-state index contributed by atoms with van der Waals surface area (Å²) in [4.78, 5) is 4.60. The predicted molar refractivity (Wildman–Crippen MR) is 65.0 cm³/mol. The van der Waals surface area contributed by atoms with Gasteiger partial charge in [-0.25, -0.2) is 0 Å². The van der Waals surface area contributed by atoms with Crippen molar-refractivity contribution in [2.24, 2.45) is 10.1 Å². The fourth-order valence-electron chi connectivity index (χ4n) is 1.31. The Morgan fingerprint density at radius 2 is 2.07 bits per heavy atom. The first-order chi connectivity index (χ1) is 7.25. The molecule has 1 aromatic carbocycles. The van der Waals surface area contributed by atoms with Crippen molar-refractivity contribution < 1.29 is 0 Å². The van der Waals surface area contributed by atoms with E-state index in [9.17, 15) is 0 Å². The van der Waals surface area contributed by atoms with Gasteiger partial charge in [0.05, 0.1) is 0 Å². The van der Waals surface area contributed by atoms with Crippen LogP contribution in [0, 0.1) is 0 Å². The van der Waals surface area contributed by atoms with Gasteiger partial charge in [0, 0.05) is 0 Å². The quantitative estimate of drug-likeness (QED) is 0.715. The number of hydrazone groups is 1. The van der Waals surface area contributed by atoms with Gasteiger partial charge in [-0.2, -0.15) is 0 Å². The number of amidine groups is 1. The third kappa shape index (κ3) is 2.67. The zero-order valence-corrected chi connectivity index (χ0v) is 10.6. The van der Waals surface area contributed by atoms with Gasteiger partial charge in [-0.3, -0.25) is 0 Å². The summed E-state index contributed by atoms with van der Waals surface area (Å²) in [6.45, 7) is 2.07. The van der Waals surface area contributed by atoms with E-state index in [1.807, 2.05) is 42.4 Å². The van der Waals surface area contributed by atoms with Gasteiger partial charge in [0.15, 0.2) is 0 Å². The molecule has 3 nitrogen and oxygen atoms in total. The Balaban J connectivity index is 2.22. The molecular weight excluding hydrogens is 253 g/mol. The molecule has 78 valence electrons. The minimum absolute atomic E-state index is 0.413. The van der Waals surface area contributed by atoms with Crippen LogP contribution in [0.15, 0.2) is 40.4 Å². The molecule has 4 heteroatoms. The molecule has 0 aromatic heterocycles. The van der Waals surface area contributed by atoms with E-state index < -0.39 is 0 Å². The molecule has 1 aromatic rings. The normalized spacial score (nSPS) is 19.2. The molecule has 0 spiro atoms. The van der Waals surface area contributed by atoms with Crippen molar-refractivity contribution in [2.75, 3.05) is 7.05 Å². The van der Waals surface area contributed by atoms with Crippen LogP contribution in [-0.4, -0.2) is 37.5 Å². The van der Waals surface area contributed by atoms with Crippen molar-refractivity contribution in [2.45, 2.75) is 12.2 Å². The summed E-state index contributed by atoms with van der Waals surface area (Å²) in [6, 6.07) is 10.0. The summed E-state index contributed by atoms with van der Waals surface area (Å²) in [7, 11) is 1.96. The third-order valence-corrected chi connectivity index (χ3v) is 4.46. The van der Waals surface area contributed by atoms with Crippen LogP contribution in [0.3, 0.4) is 0 Å². The summed E-state index contributed by atoms with van der Waals surface area (Å²) in [5.74, 6) is 0. The van der Waals surface area contributed by atoms with E-state index in [-0.39, 0.29) is 0 Å². The number of nitrogens with zero attached hydrogens (tertiary/aromatic N) is 3. The van der Waals surface area contributed by atoms with E-state index in [2.05, 4.69) is 17.0 Å². The molecule has 15 heavy (non-hydrogen) atoms. The summed E-state index contributed by atoms with van der Waals surface area (Å²) in [5, 5.41) is 7.36. The molecule has 0 N–H and O–H groups in total. The van der Waals surface area contributed by atoms with Gasteiger partial charge in [-0.1, -0.05) is 0 Å². The fraction of sp³-hybridized carbons (Fsp3) is 0.273. The Bertz CT molecular complexity index is 398. The standard InChI is InChI=1S/C11H13N3Se/c1-9-8-15-11(14(2)13-9)12-10-6-4-3-5-7-10/h3-7H,8H2,1-2H3. The fourth-order valence-corrected chi connectivity index (χ4v) is 2.97. The van der Waals surface area contributed by atoms with Crippen molar-refractivity contribution in [1.29, 1.82) is 0 Å². The van der Waals surface area contributed by atoms with Crippen LogP contribution in [0.2, 0.25) is 5.32 Å². The Kier molecular flexibility index (Phi) is 3.19. The number of aliphatic imine (C=N–C) groups is 1. The van der Waals surface area contributed by atoms with Gasteiger partial charge in [0.25, 0.3) is 0 Å². The molecule has 0 unspecified atom stereocenters. The van der Waals surface area contributed by atoms with Crippen molar-refractivity contribution in [3.05, 3.63) is 30.3 Å². The van der Waals surface area contributed by atoms with E-state index >= 15 is 0 Å². The van der Waals surface area contributed by atoms with Gasteiger partial charge in [-0.05, 0) is 0 Å². The Morgan fingerprint density at radius 3 is 2.73 bits per heavy atom. The van der Waals surface area contributed by atoms with Gasteiger partial charge >= 0.3 is 95.8 Å². The Labute approximate surface area is 96.1 Å². The Morgan fingerprint density at radius 1 is 1.33 bits per heavy atom. The van der Waals surface area contributed by atoms with Gasteiger partial charge < -0.3 is 0 Å². The average molecular weight is 266 g/mol. The Hall–Kier alpha value is -1.12. The van der Waals surface area contributed by atoms with E-state index in [1.54, 1.807) is 0 Å². The molecule has 1 aliphatic heterocycles. The van der Waals surface area contributed by atoms with E-state index in [1.165, 1.54) is 5.71 Å². The molecule has 0 saturated carbocycles. The zero-order valence-electron chi connectivity index (χ0n) is 8.84. The van der Waals surface area contributed by atoms with Crippen molar-refractivity contribution >= 4 is 31.1 Å². The molecule has 1 aliphatic rings. The second kappa shape index (κ2) is 4.60.